The monoisotopic (exact) mass is 541 g/mol. The minimum absolute atomic E-state index is 0.0339. The molecule has 0 aliphatic rings. The second-order valence-corrected chi connectivity index (χ2v) is 10.2. The summed E-state index contributed by atoms with van der Waals surface area (Å²) in [6, 6.07) is 29.9. The molecule has 0 radical (unpaired) electrons. The van der Waals surface area contributed by atoms with Crippen LogP contribution < -0.4 is 19.7 Å². The van der Waals surface area contributed by atoms with Crippen molar-refractivity contribution in [1.29, 1.82) is 0 Å². The zero-order chi connectivity index (χ0) is 27.7. The number of sulfonamides is 1. The van der Waals surface area contributed by atoms with Gasteiger partial charge in [0.15, 0.2) is 0 Å². The number of carbonyl (C=O) groups excluding carboxylic acids is 2. The van der Waals surface area contributed by atoms with E-state index in [4.69, 9.17) is 4.74 Å². The molecule has 0 unspecified atom stereocenters. The fourth-order valence-electron chi connectivity index (χ4n) is 3.71. The Morgan fingerprint density at radius 2 is 1.38 bits per heavy atom. The van der Waals surface area contributed by atoms with Gasteiger partial charge in [-0.1, -0.05) is 54.6 Å². The third-order valence-corrected chi connectivity index (χ3v) is 7.36. The van der Waals surface area contributed by atoms with Crippen molar-refractivity contribution in [1.82, 2.24) is 5.32 Å². The van der Waals surface area contributed by atoms with Crippen molar-refractivity contribution in [2.75, 3.05) is 22.7 Å². The van der Waals surface area contributed by atoms with Gasteiger partial charge in [-0.3, -0.25) is 13.9 Å². The van der Waals surface area contributed by atoms with Crippen LogP contribution in [0.3, 0.4) is 0 Å². The van der Waals surface area contributed by atoms with Crippen LogP contribution in [0.4, 0.5) is 11.4 Å². The van der Waals surface area contributed by atoms with E-state index in [-0.39, 0.29) is 28.4 Å². The van der Waals surface area contributed by atoms with Gasteiger partial charge < -0.3 is 15.4 Å². The van der Waals surface area contributed by atoms with Crippen molar-refractivity contribution in [3.05, 3.63) is 127 Å². The highest BCUT2D eigenvalue weighted by Crippen LogP contribution is 2.28. The highest BCUT2D eigenvalue weighted by Gasteiger charge is 2.27. The van der Waals surface area contributed by atoms with Crippen LogP contribution in [0.5, 0.6) is 11.5 Å². The second kappa shape index (κ2) is 12.6. The van der Waals surface area contributed by atoms with Crippen molar-refractivity contribution in [3.63, 3.8) is 0 Å². The SMILES string of the molecule is C=CCNC(=O)c1ccccc1NC(=O)CN(c1ccc(Oc2ccccc2)cc1)S(=O)(=O)c1ccccc1. The van der Waals surface area contributed by atoms with Gasteiger partial charge in [0.1, 0.15) is 18.0 Å². The fourth-order valence-corrected chi connectivity index (χ4v) is 5.15. The molecule has 0 heterocycles. The Hall–Kier alpha value is -4.89. The number of ether oxygens (including phenoxy) is 1. The fraction of sp³-hybridized carbons (Fsp3) is 0.0667. The summed E-state index contributed by atoms with van der Waals surface area (Å²) in [4.78, 5) is 25.7. The van der Waals surface area contributed by atoms with Gasteiger partial charge in [0.2, 0.25) is 5.91 Å². The first-order valence-corrected chi connectivity index (χ1v) is 13.5. The van der Waals surface area contributed by atoms with E-state index in [0.29, 0.717) is 11.5 Å². The zero-order valence-corrected chi connectivity index (χ0v) is 21.8. The third kappa shape index (κ3) is 6.91. The standard InChI is InChI=1S/C30H27N3O5S/c1-2-21-31-30(35)27-15-9-10-16-28(27)32-29(34)22-33(39(36,37)26-13-7-4-8-14-26)23-17-19-25(20-18-23)38-24-11-5-3-6-12-24/h2-20H,1,21-22H2,(H,31,35)(H,32,34). The van der Waals surface area contributed by atoms with Gasteiger partial charge in [0.25, 0.3) is 15.9 Å². The maximum atomic E-state index is 13.6. The van der Waals surface area contributed by atoms with Gasteiger partial charge >= 0.3 is 0 Å². The molecule has 8 nitrogen and oxygen atoms in total. The van der Waals surface area contributed by atoms with Gasteiger partial charge in [-0.15, -0.1) is 6.58 Å². The first-order valence-electron chi connectivity index (χ1n) is 12.1. The van der Waals surface area contributed by atoms with Crippen LogP contribution in [0.1, 0.15) is 10.4 Å². The molecule has 0 saturated heterocycles. The maximum Gasteiger partial charge on any atom is 0.264 e. The zero-order valence-electron chi connectivity index (χ0n) is 21.0. The molecule has 39 heavy (non-hydrogen) atoms. The smallest absolute Gasteiger partial charge is 0.264 e. The number of carbonyl (C=O) groups is 2. The highest BCUT2D eigenvalue weighted by atomic mass is 32.2. The lowest BCUT2D eigenvalue weighted by atomic mass is 10.1. The Morgan fingerprint density at radius 1 is 0.795 bits per heavy atom. The number of para-hydroxylation sites is 2. The molecule has 4 aromatic carbocycles. The molecule has 0 spiro atoms. The Bertz CT molecular complexity index is 1540. The summed E-state index contributed by atoms with van der Waals surface area (Å²) in [5.41, 5.74) is 0.770. The van der Waals surface area contributed by atoms with E-state index >= 15 is 0 Å². The van der Waals surface area contributed by atoms with Crippen LogP contribution in [-0.2, 0) is 14.8 Å². The molecule has 4 rings (SSSR count). The highest BCUT2D eigenvalue weighted by molar-refractivity contribution is 7.92. The minimum Gasteiger partial charge on any atom is -0.457 e. The van der Waals surface area contributed by atoms with E-state index in [9.17, 15) is 18.0 Å². The van der Waals surface area contributed by atoms with Gasteiger partial charge in [-0.25, -0.2) is 8.42 Å². The number of anilines is 2. The van der Waals surface area contributed by atoms with Crippen molar-refractivity contribution in [2.24, 2.45) is 0 Å². The number of rotatable bonds is 11. The largest absolute Gasteiger partial charge is 0.457 e. The number of nitrogens with one attached hydrogen (secondary N) is 2. The predicted molar refractivity (Wildman–Crippen MR) is 152 cm³/mol. The number of benzene rings is 4. The average molecular weight is 542 g/mol. The van der Waals surface area contributed by atoms with Gasteiger partial charge in [-0.2, -0.15) is 0 Å². The van der Waals surface area contributed by atoms with E-state index in [0.717, 1.165) is 4.31 Å². The van der Waals surface area contributed by atoms with Crippen LogP contribution >= 0.6 is 0 Å². The van der Waals surface area contributed by atoms with Crippen molar-refractivity contribution in [2.45, 2.75) is 4.90 Å². The van der Waals surface area contributed by atoms with Crippen LogP contribution in [-0.4, -0.2) is 33.3 Å². The lowest BCUT2D eigenvalue weighted by Crippen LogP contribution is -2.38. The number of amides is 2. The molecule has 2 amide bonds. The molecule has 0 fully saturated rings. The molecule has 4 aromatic rings. The van der Waals surface area contributed by atoms with Crippen LogP contribution in [0.25, 0.3) is 0 Å². The first kappa shape index (κ1) is 27.2. The molecule has 2 N–H and O–H groups in total. The first-order chi connectivity index (χ1) is 18.9. The van der Waals surface area contributed by atoms with E-state index in [1.54, 1.807) is 84.9 Å². The van der Waals surface area contributed by atoms with Crippen LogP contribution in [0.15, 0.2) is 127 Å². The Labute approximate surface area is 227 Å². The van der Waals surface area contributed by atoms with E-state index in [2.05, 4.69) is 17.2 Å². The molecule has 0 saturated carbocycles. The van der Waals surface area contributed by atoms with Crippen molar-refractivity contribution in [3.8, 4) is 11.5 Å². The predicted octanol–water partition coefficient (Wildman–Crippen LogP) is 5.23. The normalized spacial score (nSPS) is 10.8. The molecule has 0 atom stereocenters. The van der Waals surface area contributed by atoms with E-state index < -0.39 is 28.4 Å². The topological polar surface area (TPSA) is 105 Å². The molecular formula is C30H27N3O5S. The second-order valence-electron chi connectivity index (χ2n) is 8.33. The minimum atomic E-state index is -4.11. The van der Waals surface area contributed by atoms with E-state index in [1.165, 1.54) is 12.1 Å². The number of hydrogen-bond acceptors (Lipinski definition) is 5. The molecule has 0 aliphatic carbocycles. The summed E-state index contributed by atoms with van der Waals surface area (Å²) in [5, 5.41) is 5.35. The summed E-state index contributed by atoms with van der Waals surface area (Å²) in [6.07, 6.45) is 1.54. The average Bonchev–Trinajstić information content (AvgIpc) is 2.96. The summed E-state index contributed by atoms with van der Waals surface area (Å²) in [5.74, 6) is 0.122. The van der Waals surface area contributed by atoms with Crippen molar-refractivity contribution >= 4 is 33.2 Å². The Morgan fingerprint density at radius 3 is 2.05 bits per heavy atom. The quantitative estimate of drug-likeness (QED) is 0.253. The lowest BCUT2D eigenvalue weighted by Gasteiger charge is -2.24. The third-order valence-electron chi connectivity index (χ3n) is 5.57. The summed E-state index contributed by atoms with van der Waals surface area (Å²) < 4.78 is 34.1. The molecular weight excluding hydrogens is 514 g/mol. The molecule has 0 aliphatic heterocycles. The Kier molecular flexibility index (Phi) is 8.75. The molecule has 9 heteroatoms. The lowest BCUT2D eigenvalue weighted by molar-refractivity contribution is -0.114. The summed E-state index contributed by atoms with van der Waals surface area (Å²) >= 11 is 0. The van der Waals surface area contributed by atoms with Gasteiger partial charge in [0.05, 0.1) is 21.8 Å². The molecule has 198 valence electrons. The van der Waals surface area contributed by atoms with Gasteiger partial charge in [0, 0.05) is 6.54 Å². The van der Waals surface area contributed by atoms with Crippen LogP contribution in [0.2, 0.25) is 0 Å². The van der Waals surface area contributed by atoms with Crippen LogP contribution in [0, 0.1) is 0 Å². The Balaban J connectivity index is 1.61. The van der Waals surface area contributed by atoms with Gasteiger partial charge in [-0.05, 0) is 60.7 Å². The summed E-state index contributed by atoms with van der Waals surface area (Å²) in [6.45, 7) is 3.31. The van der Waals surface area contributed by atoms with E-state index in [1.807, 2.05) is 18.2 Å². The van der Waals surface area contributed by atoms with Crippen molar-refractivity contribution < 1.29 is 22.7 Å². The molecule has 0 bridgehead atoms. The number of hydrogen-bond donors (Lipinski definition) is 2. The number of nitrogens with zero attached hydrogens (tertiary/aromatic N) is 1. The molecule has 0 aromatic heterocycles. The maximum absolute atomic E-state index is 13.6. The summed E-state index contributed by atoms with van der Waals surface area (Å²) in [7, 11) is -4.11.